The van der Waals surface area contributed by atoms with Gasteiger partial charge in [-0.25, -0.2) is 4.39 Å². The zero-order valence-electron chi connectivity index (χ0n) is 16.1. The van der Waals surface area contributed by atoms with E-state index in [2.05, 4.69) is 0 Å². The molecule has 2 fully saturated rings. The summed E-state index contributed by atoms with van der Waals surface area (Å²) >= 11 is 0. The van der Waals surface area contributed by atoms with E-state index in [4.69, 9.17) is 14.2 Å². The molecule has 0 atom stereocenters. The van der Waals surface area contributed by atoms with Crippen molar-refractivity contribution in [1.82, 2.24) is 0 Å². The van der Waals surface area contributed by atoms with Crippen LogP contribution in [0.3, 0.4) is 0 Å². The first-order valence-corrected chi connectivity index (χ1v) is 10.1. The molecule has 0 aromatic heterocycles. The summed E-state index contributed by atoms with van der Waals surface area (Å²) < 4.78 is 45.5. The number of rotatable bonds is 5. The van der Waals surface area contributed by atoms with Gasteiger partial charge in [-0.3, -0.25) is 0 Å². The summed E-state index contributed by atoms with van der Waals surface area (Å²) in [4.78, 5) is 0. The van der Waals surface area contributed by atoms with Crippen LogP contribution in [0.2, 0.25) is 0 Å². The molecule has 1 saturated carbocycles. The van der Waals surface area contributed by atoms with Crippen molar-refractivity contribution in [3.8, 4) is 16.9 Å². The van der Waals surface area contributed by atoms with Gasteiger partial charge in [0.25, 0.3) is 0 Å². The predicted octanol–water partition coefficient (Wildman–Crippen LogP) is 5.88. The summed E-state index contributed by atoms with van der Waals surface area (Å²) in [5, 5.41) is 0. The van der Waals surface area contributed by atoms with Crippen LogP contribution in [0.1, 0.15) is 44.5 Å². The Bertz CT molecular complexity index is 792. The topological polar surface area (TPSA) is 27.7 Å². The minimum atomic E-state index is -0.958. The van der Waals surface area contributed by atoms with E-state index < -0.39 is 17.9 Å². The Morgan fingerprint density at radius 1 is 0.893 bits per heavy atom. The molecule has 1 saturated heterocycles. The Kier molecular flexibility index (Phi) is 5.93. The quantitative estimate of drug-likeness (QED) is 0.640. The summed E-state index contributed by atoms with van der Waals surface area (Å²) in [6.07, 6.45) is 4.79. The first-order valence-electron chi connectivity index (χ1n) is 10.1. The van der Waals surface area contributed by atoms with Gasteiger partial charge in [0.15, 0.2) is 17.9 Å². The number of ether oxygens (including phenoxy) is 3. The average molecular weight is 388 g/mol. The van der Waals surface area contributed by atoms with E-state index >= 15 is 0 Å². The molecule has 28 heavy (non-hydrogen) atoms. The molecular formula is C23H26F2O3. The molecule has 3 nitrogen and oxygen atoms in total. The van der Waals surface area contributed by atoms with Crippen molar-refractivity contribution in [3.05, 3.63) is 53.6 Å². The van der Waals surface area contributed by atoms with Gasteiger partial charge in [-0.15, -0.1) is 0 Å². The molecule has 0 N–H and O–H groups in total. The maximum Gasteiger partial charge on any atom is 0.201 e. The number of hydrogen-bond acceptors (Lipinski definition) is 3. The maximum absolute atomic E-state index is 14.4. The van der Waals surface area contributed by atoms with Crippen molar-refractivity contribution >= 4 is 0 Å². The zero-order valence-corrected chi connectivity index (χ0v) is 16.1. The number of hydrogen-bond donors (Lipinski definition) is 0. The van der Waals surface area contributed by atoms with Crippen LogP contribution in [-0.2, 0) is 9.47 Å². The van der Waals surface area contributed by atoms with E-state index in [9.17, 15) is 8.78 Å². The van der Waals surface area contributed by atoms with Crippen LogP contribution in [0, 0.1) is 23.5 Å². The van der Waals surface area contributed by atoms with Crippen molar-refractivity contribution in [1.29, 1.82) is 0 Å². The van der Waals surface area contributed by atoms with E-state index in [1.807, 2.05) is 12.1 Å². The molecule has 1 heterocycles. The Labute approximate surface area is 164 Å². The van der Waals surface area contributed by atoms with Crippen LogP contribution in [0.15, 0.2) is 36.4 Å². The standard InChI is InChI=1S/C23H26F2O3/c1-2-26-20-12-11-19(21(24)22(20)25)16-7-9-17(10-8-16)23-27-13-18(14-28-23)15-5-3-4-6-15/h7-12,15,18,23H,2-6,13-14H2,1H3. The SMILES string of the molecule is CCOc1ccc(-c2ccc(C3OCC(C4CCCC4)CO3)cc2)c(F)c1F. The molecule has 2 aliphatic rings. The summed E-state index contributed by atoms with van der Waals surface area (Å²) in [6, 6.07) is 10.2. The zero-order chi connectivity index (χ0) is 19.5. The highest BCUT2D eigenvalue weighted by molar-refractivity contribution is 5.65. The Morgan fingerprint density at radius 3 is 2.21 bits per heavy atom. The predicted molar refractivity (Wildman–Crippen MR) is 103 cm³/mol. The second-order valence-corrected chi connectivity index (χ2v) is 7.60. The Hall–Kier alpha value is -1.98. The molecule has 1 aliphatic carbocycles. The molecule has 1 aliphatic heterocycles. The van der Waals surface area contributed by atoms with E-state index in [1.54, 1.807) is 19.1 Å². The summed E-state index contributed by atoms with van der Waals surface area (Å²) in [6.45, 7) is 3.45. The van der Waals surface area contributed by atoms with Gasteiger partial charge in [0, 0.05) is 17.0 Å². The summed E-state index contributed by atoms with van der Waals surface area (Å²) in [5.41, 5.74) is 1.70. The second kappa shape index (κ2) is 8.58. The van der Waals surface area contributed by atoms with Crippen molar-refractivity contribution in [2.24, 2.45) is 11.8 Å². The van der Waals surface area contributed by atoms with Crippen LogP contribution in [-0.4, -0.2) is 19.8 Å². The molecule has 2 aromatic carbocycles. The van der Waals surface area contributed by atoms with Gasteiger partial charge >= 0.3 is 0 Å². The van der Waals surface area contributed by atoms with Crippen LogP contribution in [0.25, 0.3) is 11.1 Å². The third-order valence-electron chi connectivity index (χ3n) is 5.83. The van der Waals surface area contributed by atoms with Crippen molar-refractivity contribution in [2.45, 2.75) is 38.9 Å². The highest BCUT2D eigenvalue weighted by atomic mass is 19.2. The maximum atomic E-state index is 14.4. The minimum Gasteiger partial charge on any atom is -0.491 e. The average Bonchev–Trinajstić information content (AvgIpc) is 3.27. The van der Waals surface area contributed by atoms with Gasteiger partial charge in [-0.2, -0.15) is 4.39 Å². The number of benzene rings is 2. The van der Waals surface area contributed by atoms with Gasteiger partial charge < -0.3 is 14.2 Å². The second-order valence-electron chi connectivity index (χ2n) is 7.60. The molecule has 0 bridgehead atoms. The fraction of sp³-hybridized carbons (Fsp3) is 0.478. The van der Waals surface area contributed by atoms with Gasteiger partial charge in [-0.05, 0) is 30.5 Å². The molecule has 0 amide bonds. The first kappa shape index (κ1) is 19.3. The van der Waals surface area contributed by atoms with E-state index in [1.165, 1.54) is 37.8 Å². The smallest absolute Gasteiger partial charge is 0.201 e. The number of halogens is 2. The molecule has 0 spiro atoms. The molecule has 0 unspecified atom stereocenters. The van der Waals surface area contributed by atoms with Crippen molar-refractivity contribution < 1.29 is 23.0 Å². The van der Waals surface area contributed by atoms with E-state index in [-0.39, 0.29) is 17.9 Å². The van der Waals surface area contributed by atoms with Crippen LogP contribution < -0.4 is 4.74 Å². The van der Waals surface area contributed by atoms with Gasteiger partial charge in [0.1, 0.15) is 0 Å². The van der Waals surface area contributed by atoms with Crippen LogP contribution >= 0.6 is 0 Å². The normalized spacial score (nSPS) is 23.1. The minimum absolute atomic E-state index is 0.0683. The Morgan fingerprint density at radius 2 is 1.57 bits per heavy atom. The third kappa shape index (κ3) is 3.91. The highest BCUT2D eigenvalue weighted by Crippen LogP contribution is 2.37. The van der Waals surface area contributed by atoms with Crippen LogP contribution in [0.4, 0.5) is 8.78 Å². The van der Waals surface area contributed by atoms with Gasteiger partial charge in [0.2, 0.25) is 5.82 Å². The van der Waals surface area contributed by atoms with Gasteiger partial charge in [-0.1, -0.05) is 49.9 Å². The molecular weight excluding hydrogens is 362 g/mol. The lowest BCUT2D eigenvalue weighted by molar-refractivity contribution is -0.212. The molecule has 0 radical (unpaired) electrons. The molecule has 2 aromatic rings. The fourth-order valence-electron chi connectivity index (χ4n) is 4.25. The van der Waals surface area contributed by atoms with Crippen molar-refractivity contribution in [3.63, 3.8) is 0 Å². The van der Waals surface area contributed by atoms with Crippen molar-refractivity contribution in [2.75, 3.05) is 19.8 Å². The summed E-state index contributed by atoms with van der Waals surface area (Å²) in [5.74, 6) is -0.718. The largest absolute Gasteiger partial charge is 0.491 e. The monoisotopic (exact) mass is 388 g/mol. The van der Waals surface area contributed by atoms with E-state index in [0.717, 1.165) is 24.7 Å². The molecule has 4 rings (SSSR count). The third-order valence-corrected chi connectivity index (χ3v) is 5.83. The van der Waals surface area contributed by atoms with Crippen LogP contribution in [0.5, 0.6) is 5.75 Å². The van der Waals surface area contributed by atoms with E-state index in [0.29, 0.717) is 11.5 Å². The highest BCUT2D eigenvalue weighted by Gasteiger charge is 2.31. The molecule has 5 heteroatoms. The fourth-order valence-corrected chi connectivity index (χ4v) is 4.25. The lowest BCUT2D eigenvalue weighted by Crippen LogP contribution is -2.31. The summed E-state index contributed by atoms with van der Waals surface area (Å²) in [7, 11) is 0. The lowest BCUT2D eigenvalue weighted by atomic mass is 9.91. The molecule has 150 valence electrons. The van der Waals surface area contributed by atoms with Gasteiger partial charge in [0.05, 0.1) is 19.8 Å². The Balaban J connectivity index is 1.44. The first-order chi connectivity index (χ1) is 13.7. The lowest BCUT2D eigenvalue weighted by Gasteiger charge is -2.32.